The van der Waals surface area contributed by atoms with E-state index >= 15 is 0 Å². The van der Waals surface area contributed by atoms with Gasteiger partial charge in [-0.1, -0.05) is 159 Å². The van der Waals surface area contributed by atoms with Crippen molar-refractivity contribution in [3.63, 3.8) is 0 Å². The molecule has 1 amide bonds. The Hall–Kier alpha value is -1.74. The summed E-state index contributed by atoms with van der Waals surface area (Å²) in [5.41, 5.74) is 0. The summed E-state index contributed by atoms with van der Waals surface area (Å²) >= 11 is 0. The smallest absolute Gasteiger partial charge is 0.267 e. The number of hydrogen-bond donors (Lipinski definition) is 4. The molecule has 0 aliphatic heterocycles. The van der Waals surface area contributed by atoms with Crippen LogP contribution < -0.4 is 5.32 Å². The average molecular weight is 710 g/mol. The third-order valence-corrected chi connectivity index (χ3v) is 9.59. The third-order valence-electron chi connectivity index (χ3n) is 8.81. The molecule has 0 spiro atoms. The Labute approximate surface area is 302 Å². The molecule has 4 N–H and O–H groups in total. The van der Waals surface area contributed by atoms with Gasteiger partial charge in [-0.3, -0.25) is 9.35 Å². The minimum atomic E-state index is -4.45. The van der Waals surface area contributed by atoms with Gasteiger partial charge in [0.15, 0.2) is 0 Å². The molecule has 0 aliphatic rings. The van der Waals surface area contributed by atoms with E-state index in [-0.39, 0.29) is 6.42 Å². The highest BCUT2D eigenvalue weighted by atomic mass is 32.2. The predicted octanol–water partition coefficient (Wildman–Crippen LogP) is 10.5. The molecule has 7 nitrogen and oxygen atoms in total. The van der Waals surface area contributed by atoms with Gasteiger partial charge < -0.3 is 15.5 Å². The molecular formula is C41H75NO6S. The molecule has 0 saturated heterocycles. The zero-order chi connectivity index (χ0) is 36.3. The van der Waals surface area contributed by atoms with Crippen molar-refractivity contribution < 1.29 is 28.0 Å². The lowest BCUT2D eigenvalue weighted by atomic mass is 10.0. The average Bonchev–Trinajstić information content (AvgIpc) is 3.06. The van der Waals surface area contributed by atoms with E-state index in [2.05, 4.69) is 55.6 Å². The van der Waals surface area contributed by atoms with E-state index in [1.54, 1.807) is 6.08 Å². The molecule has 0 aromatic rings. The minimum Gasteiger partial charge on any atom is -0.387 e. The molecule has 0 rings (SSSR count). The number of carbonyl (C=O) groups is 1. The SMILES string of the molecule is CCCCC/C=C/CC/C=C/CC/C=C/C(O)C(CS(=O)(=O)O)NC(=O)C(O)CCCCCCCC/C=C\CCCCCCCCCCC. The maximum absolute atomic E-state index is 12.6. The van der Waals surface area contributed by atoms with Crippen LogP contribution in [0.3, 0.4) is 0 Å². The van der Waals surface area contributed by atoms with Crippen LogP contribution in [-0.4, -0.2) is 53.1 Å². The largest absolute Gasteiger partial charge is 0.387 e. The molecule has 286 valence electrons. The second-order valence-corrected chi connectivity index (χ2v) is 15.2. The first kappa shape index (κ1) is 47.3. The first-order valence-corrected chi connectivity index (χ1v) is 21.6. The molecule has 3 atom stereocenters. The Morgan fingerprint density at radius 1 is 0.551 bits per heavy atom. The topological polar surface area (TPSA) is 124 Å². The van der Waals surface area contributed by atoms with Gasteiger partial charge in [-0.05, 0) is 70.6 Å². The molecule has 0 bridgehead atoms. The van der Waals surface area contributed by atoms with Gasteiger partial charge in [0.05, 0.1) is 17.9 Å². The van der Waals surface area contributed by atoms with Crippen LogP contribution in [0.5, 0.6) is 0 Å². The number of unbranched alkanes of at least 4 members (excludes halogenated alkanes) is 20. The Bertz CT molecular complexity index is 974. The van der Waals surface area contributed by atoms with Crippen LogP contribution in [0.15, 0.2) is 48.6 Å². The molecule has 0 saturated carbocycles. The Balaban J connectivity index is 4.10. The maximum atomic E-state index is 12.6. The molecule has 0 fully saturated rings. The van der Waals surface area contributed by atoms with Crippen LogP contribution in [0, 0.1) is 0 Å². The Morgan fingerprint density at radius 3 is 1.39 bits per heavy atom. The van der Waals surface area contributed by atoms with E-state index in [1.807, 2.05) is 0 Å². The zero-order valence-corrected chi connectivity index (χ0v) is 32.2. The van der Waals surface area contributed by atoms with Gasteiger partial charge in [0, 0.05) is 0 Å². The van der Waals surface area contributed by atoms with Crippen LogP contribution in [0.2, 0.25) is 0 Å². The van der Waals surface area contributed by atoms with Gasteiger partial charge in [-0.25, -0.2) is 0 Å². The molecular weight excluding hydrogens is 635 g/mol. The van der Waals surface area contributed by atoms with Crippen molar-refractivity contribution in [1.29, 1.82) is 0 Å². The van der Waals surface area contributed by atoms with Crippen molar-refractivity contribution in [1.82, 2.24) is 5.32 Å². The quantitative estimate of drug-likeness (QED) is 0.0295. The van der Waals surface area contributed by atoms with E-state index in [4.69, 9.17) is 0 Å². The molecule has 0 aliphatic carbocycles. The van der Waals surface area contributed by atoms with Gasteiger partial charge in [0.2, 0.25) is 5.91 Å². The number of aliphatic hydroxyl groups excluding tert-OH is 2. The Morgan fingerprint density at radius 2 is 0.918 bits per heavy atom. The fourth-order valence-electron chi connectivity index (χ4n) is 5.72. The van der Waals surface area contributed by atoms with E-state index in [1.165, 1.54) is 102 Å². The van der Waals surface area contributed by atoms with Crippen LogP contribution in [0.4, 0.5) is 0 Å². The van der Waals surface area contributed by atoms with Crippen LogP contribution in [0.25, 0.3) is 0 Å². The van der Waals surface area contributed by atoms with Crippen molar-refractivity contribution in [2.75, 3.05) is 5.75 Å². The molecule has 49 heavy (non-hydrogen) atoms. The highest BCUT2D eigenvalue weighted by molar-refractivity contribution is 7.85. The van der Waals surface area contributed by atoms with E-state index in [9.17, 15) is 28.0 Å². The second kappa shape index (κ2) is 34.7. The molecule has 0 heterocycles. The van der Waals surface area contributed by atoms with Crippen LogP contribution >= 0.6 is 0 Å². The lowest BCUT2D eigenvalue weighted by Crippen LogP contribution is -2.50. The lowest BCUT2D eigenvalue weighted by Gasteiger charge is -2.22. The second-order valence-electron chi connectivity index (χ2n) is 13.7. The summed E-state index contributed by atoms with van der Waals surface area (Å²) in [6.45, 7) is 4.47. The van der Waals surface area contributed by atoms with Gasteiger partial charge >= 0.3 is 0 Å². The van der Waals surface area contributed by atoms with E-state index in [0.717, 1.165) is 51.4 Å². The number of nitrogens with one attached hydrogen (secondary N) is 1. The molecule has 8 heteroatoms. The van der Waals surface area contributed by atoms with Crippen LogP contribution in [0.1, 0.15) is 181 Å². The van der Waals surface area contributed by atoms with Gasteiger partial charge in [-0.15, -0.1) is 0 Å². The standard InChI is InChI=1S/C41H75NO6S/c1-3-5-7-9-11-13-15-17-18-19-20-21-22-24-26-28-30-32-34-36-40(44)41(45)42-38(37-49(46,47)48)39(43)35-33-31-29-27-25-23-16-14-12-10-8-6-4-2/h12,14,20-21,25,27,33,35,38-40,43-44H,3-11,13,15-19,22-24,26,28-32,34,36-37H2,1-2H3,(H,42,45)(H,46,47,48)/b14-12+,21-20-,27-25+,35-33+. The van der Waals surface area contributed by atoms with Gasteiger partial charge in [-0.2, -0.15) is 8.42 Å². The van der Waals surface area contributed by atoms with Crippen molar-refractivity contribution in [2.45, 2.75) is 199 Å². The predicted molar refractivity (Wildman–Crippen MR) is 208 cm³/mol. The van der Waals surface area contributed by atoms with E-state index < -0.39 is 40.0 Å². The number of allylic oxidation sites excluding steroid dienone is 7. The highest BCUT2D eigenvalue weighted by Crippen LogP contribution is 2.13. The normalized spacial score (nSPS) is 14.5. The Kier molecular flexibility index (Phi) is 33.5. The fourth-order valence-corrected chi connectivity index (χ4v) is 6.45. The zero-order valence-electron chi connectivity index (χ0n) is 31.4. The molecule has 3 unspecified atom stereocenters. The number of aliphatic hydroxyl groups is 2. The van der Waals surface area contributed by atoms with Crippen LogP contribution in [-0.2, 0) is 14.9 Å². The highest BCUT2D eigenvalue weighted by Gasteiger charge is 2.27. The van der Waals surface area contributed by atoms with Crippen molar-refractivity contribution >= 4 is 16.0 Å². The van der Waals surface area contributed by atoms with Gasteiger partial charge in [0.1, 0.15) is 6.10 Å². The van der Waals surface area contributed by atoms with Crippen molar-refractivity contribution in [2.24, 2.45) is 0 Å². The first-order chi connectivity index (χ1) is 23.7. The number of rotatable bonds is 35. The maximum Gasteiger partial charge on any atom is 0.267 e. The number of hydrogen-bond acceptors (Lipinski definition) is 5. The third kappa shape index (κ3) is 34.5. The minimum absolute atomic E-state index is 0.263. The van der Waals surface area contributed by atoms with E-state index in [0.29, 0.717) is 12.8 Å². The number of carbonyl (C=O) groups excluding carboxylic acids is 1. The molecule has 0 radical (unpaired) electrons. The number of amides is 1. The molecule has 0 aromatic heterocycles. The summed E-state index contributed by atoms with van der Waals surface area (Å²) in [5, 5.41) is 23.3. The summed E-state index contributed by atoms with van der Waals surface area (Å²) in [6, 6.07) is -1.26. The van der Waals surface area contributed by atoms with Crippen molar-refractivity contribution in [3.8, 4) is 0 Å². The van der Waals surface area contributed by atoms with Crippen molar-refractivity contribution in [3.05, 3.63) is 48.6 Å². The monoisotopic (exact) mass is 710 g/mol. The summed E-state index contributed by atoms with van der Waals surface area (Å²) in [4.78, 5) is 12.6. The summed E-state index contributed by atoms with van der Waals surface area (Å²) < 4.78 is 32.4. The van der Waals surface area contributed by atoms with Gasteiger partial charge in [0.25, 0.3) is 10.1 Å². The molecule has 0 aromatic carbocycles. The summed E-state index contributed by atoms with van der Waals surface area (Å²) in [6.07, 6.45) is 43.1. The fraction of sp³-hybridized carbons (Fsp3) is 0.780. The summed E-state index contributed by atoms with van der Waals surface area (Å²) in [7, 11) is -4.45. The first-order valence-electron chi connectivity index (χ1n) is 19.9. The lowest BCUT2D eigenvalue weighted by molar-refractivity contribution is -0.130. The summed E-state index contributed by atoms with van der Waals surface area (Å²) in [5.74, 6) is -1.57.